The predicted molar refractivity (Wildman–Crippen MR) is 69.1 cm³/mol. The Balaban J connectivity index is 4.49. The van der Waals surface area contributed by atoms with E-state index in [9.17, 15) is 18.0 Å². The van der Waals surface area contributed by atoms with Gasteiger partial charge in [0.2, 0.25) is 10.0 Å². The lowest BCUT2D eigenvalue weighted by Crippen LogP contribution is -2.41. The van der Waals surface area contributed by atoms with Gasteiger partial charge in [-0.15, -0.1) is 0 Å². The Bertz CT molecular complexity index is 403. The van der Waals surface area contributed by atoms with Gasteiger partial charge in [0, 0.05) is 12.5 Å². The summed E-state index contributed by atoms with van der Waals surface area (Å²) in [4.78, 5) is 21.7. The van der Waals surface area contributed by atoms with Crippen molar-refractivity contribution in [3.63, 3.8) is 0 Å². The molecule has 8 heteroatoms. The molecule has 7 nitrogen and oxygen atoms in total. The highest BCUT2D eigenvalue weighted by molar-refractivity contribution is 7.89. The monoisotopic (exact) mass is 295 g/mol. The summed E-state index contributed by atoms with van der Waals surface area (Å²) < 4.78 is 29.5. The van der Waals surface area contributed by atoms with Crippen molar-refractivity contribution in [2.45, 2.75) is 39.7 Å². The first-order chi connectivity index (χ1) is 8.70. The molecular weight excluding hydrogens is 274 g/mol. The summed E-state index contributed by atoms with van der Waals surface area (Å²) >= 11 is 0. The second-order valence-corrected chi connectivity index (χ2v) is 6.30. The molecule has 0 fully saturated rings. The largest absolute Gasteiger partial charge is 0.480 e. The molecule has 112 valence electrons. The standard InChI is InChI=1S/C11H21NO6S/c1-4-18-11(15)6-5-7-19(16,17)12(9(2)3)8-10(13)14/h9H,4-8H2,1-3H3,(H,13,14). The van der Waals surface area contributed by atoms with E-state index in [2.05, 4.69) is 4.74 Å². The zero-order valence-corrected chi connectivity index (χ0v) is 12.3. The summed E-state index contributed by atoms with van der Waals surface area (Å²) in [7, 11) is -3.68. The van der Waals surface area contributed by atoms with Crippen molar-refractivity contribution in [3.05, 3.63) is 0 Å². The lowest BCUT2D eigenvalue weighted by molar-refractivity contribution is -0.143. The van der Waals surface area contributed by atoms with E-state index in [1.165, 1.54) is 0 Å². The number of esters is 1. The highest BCUT2D eigenvalue weighted by atomic mass is 32.2. The number of carbonyl (C=O) groups excluding carboxylic acids is 1. The summed E-state index contributed by atoms with van der Waals surface area (Å²) in [6.45, 7) is 4.56. The Labute approximate surface area is 113 Å². The average molecular weight is 295 g/mol. The van der Waals surface area contributed by atoms with Gasteiger partial charge in [0.05, 0.1) is 12.4 Å². The van der Waals surface area contributed by atoms with Gasteiger partial charge in [0.25, 0.3) is 0 Å². The highest BCUT2D eigenvalue weighted by Crippen LogP contribution is 2.10. The number of hydrogen-bond donors (Lipinski definition) is 1. The molecule has 19 heavy (non-hydrogen) atoms. The highest BCUT2D eigenvalue weighted by Gasteiger charge is 2.26. The summed E-state index contributed by atoms with van der Waals surface area (Å²) in [6, 6.07) is -0.441. The molecular formula is C11H21NO6S. The molecule has 0 saturated carbocycles. The van der Waals surface area contributed by atoms with Gasteiger partial charge < -0.3 is 9.84 Å². The fourth-order valence-corrected chi connectivity index (χ4v) is 3.18. The quantitative estimate of drug-likeness (QED) is 0.620. The van der Waals surface area contributed by atoms with Gasteiger partial charge >= 0.3 is 11.9 Å². The maximum absolute atomic E-state index is 12.0. The Morgan fingerprint density at radius 1 is 1.32 bits per heavy atom. The number of rotatable bonds is 9. The second-order valence-electron chi connectivity index (χ2n) is 4.26. The van der Waals surface area contributed by atoms with Crippen LogP contribution in [0.2, 0.25) is 0 Å². The van der Waals surface area contributed by atoms with Gasteiger partial charge in [-0.3, -0.25) is 9.59 Å². The summed E-state index contributed by atoms with van der Waals surface area (Å²) in [5, 5.41) is 8.70. The summed E-state index contributed by atoms with van der Waals surface area (Å²) in [5.74, 6) is -1.92. The van der Waals surface area contributed by atoms with Crippen LogP contribution in [0, 0.1) is 0 Å². The lowest BCUT2D eigenvalue weighted by Gasteiger charge is -2.23. The summed E-state index contributed by atoms with van der Waals surface area (Å²) in [6.07, 6.45) is 0.121. The van der Waals surface area contributed by atoms with Crippen molar-refractivity contribution in [2.75, 3.05) is 18.9 Å². The summed E-state index contributed by atoms with van der Waals surface area (Å²) in [5.41, 5.74) is 0. The first-order valence-corrected chi connectivity index (χ1v) is 7.68. The molecule has 0 amide bonds. The zero-order valence-electron chi connectivity index (χ0n) is 11.5. The molecule has 0 atom stereocenters. The predicted octanol–water partition coefficient (Wildman–Crippen LogP) is 0.454. The minimum Gasteiger partial charge on any atom is -0.480 e. The van der Waals surface area contributed by atoms with Crippen LogP contribution in [-0.4, -0.2) is 54.7 Å². The van der Waals surface area contributed by atoms with Crippen LogP contribution in [0.1, 0.15) is 33.6 Å². The third-order valence-electron chi connectivity index (χ3n) is 2.31. The normalized spacial score (nSPS) is 11.8. The van der Waals surface area contributed by atoms with Crippen LogP contribution in [0.4, 0.5) is 0 Å². The van der Waals surface area contributed by atoms with Crippen molar-refractivity contribution in [2.24, 2.45) is 0 Å². The Morgan fingerprint density at radius 2 is 1.89 bits per heavy atom. The lowest BCUT2D eigenvalue weighted by atomic mass is 10.3. The Morgan fingerprint density at radius 3 is 2.32 bits per heavy atom. The molecule has 0 rings (SSSR count). The van der Waals surface area contributed by atoms with Gasteiger partial charge in [0.1, 0.15) is 6.54 Å². The molecule has 0 bridgehead atoms. The smallest absolute Gasteiger partial charge is 0.318 e. The Hall–Kier alpha value is -1.15. The van der Waals surface area contributed by atoms with Gasteiger partial charge in [0.15, 0.2) is 0 Å². The van der Waals surface area contributed by atoms with E-state index in [0.717, 1.165) is 4.31 Å². The topological polar surface area (TPSA) is 101 Å². The first-order valence-electron chi connectivity index (χ1n) is 6.07. The van der Waals surface area contributed by atoms with Crippen molar-refractivity contribution in [1.29, 1.82) is 0 Å². The number of nitrogens with zero attached hydrogens (tertiary/aromatic N) is 1. The third-order valence-corrected chi connectivity index (χ3v) is 4.38. The van der Waals surface area contributed by atoms with Crippen LogP contribution in [-0.2, 0) is 24.3 Å². The number of sulfonamides is 1. The molecule has 1 N–H and O–H groups in total. The molecule has 0 saturated heterocycles. The van der Waals surface area contributed by atoms with E-state index < -0.39 is 34.5 Å². The zero-order chi connectivity index (χ0) is 15.1. The fourth-order valence-electron chi connectivity index (χ4n) is 1.48. The molecule has 0 heterocycles. The average Bonchev–Trinajstić information content (AvgIpc) is 2.25. The molecule has 0 unspecified atom stereocenters. The van der Waals surface area contributed by atoms with Crippen molar-refractivity contribution >= 4 is 22.0 Å². The molecule has 0 aromatic rings. The van der Waals surface area contributed by atoms with E-state index >= 15 is 0 Å². The van der Waals surface area contributed by atoms with Crippen LogP contribution in [0.15, 0.2) is 0 Å². The molecule has 0 aromatic heterocycles. The maximum atomic E-state index is 12.0. The number of carboxylic acids is 1. The SMILES string of the molecule is CCOC(=O)CCCS(=O)(=O)N(CC(=O)O)C(C)C. The van der Waals surface area contributed by atoms with Gasteiger partial charge in [-0.2, -0.15) is 4.31 Å². The third kappa shape index (κ3) is 7.12. The van der Waals surface area contributed by atoms with E-state index in [1.54, 1.807) is 20.8 Å². The molecule has 0 aliphatic carbocycles. The van der Waals surface area contributed by atoms with E-state index in [1.807, 2.05) is 0 Å². The number of carboxylic acid groups (broad SMARTS) is 1. The fraction of sp³-hybridized carbons (Fsp3) is 0.818. The molecule has 0 aliphatic rings. The van der Waals surface area contributed by atoms with Gasteiger partial charge in [-0.05, 0) is 27.2 Å². The minimum absolute atomic E-state index is 0.00603. The second kappa shape index (κ2) is 8.11. The van der Waals surface area contributed by atoms with Crippen LogP contribution in [0.5, 0.6) is 0 Å². The van der Waals surface area contributed by atoms with E-state index in [-0.39, 0.29) is 25.2 Å². The van der Waals surface area contributed by atoms with Gasteiger partial charge in [-0.25, -0.2) is 8.42 Å². The van der Waals surface area contributed by atoms with Crippen molar-refractivity contribution in [3.8, 4) is 0 Å². The number of hydrogen-bond acceptors (Lipinski definition) is 5. The van der Waals surface area contributed by atoms with Crippen LogP contribution in [0.25, 0.3) is 0 Å². The number of ether oxygens (including phenoxy) is 1. The van der Waals surface area contributed by atoms with Crippen LogP contribution < -0.4 is 0 Å². The number of carbonyl (C=O) groups is 2. The maximum Gasteiger partial charge on any atom is 0.318 e. The molecule has 0 aliphatic heterocycles. The Kier molecular flexibility index (Phi) is 7.62. The minimum atomic E-state index is -3.68. The van der Waals surface area contributed by atoms with E-state index in [4.69, 9.17) is 5.11 Å². The first kappa shape index (κ1) is 17.8. The number of aliphatic carboxylic acids is 1. The van der Waals surface area contributed by atoms with Gasteiger partial charge in [-0.1, -0.05) is 0 Å². The van der Waals surface area contributed by atoms with Crippen molar-refractivity contribution < 1.29 is 27.9 Å². The molecule has 0 aromatic carbocycles. The van der Waals surface area contributed by atoms with Crippen molar-refractivity contribution in [1.82, 2.24) is 4.31 Å². The van der Waals surface area contributed by atoms with Crippen LogP contribution in [0.3, 0.4) is 0 Å². The van der Waals surface area contributed by atoms with E-state index in [0.29, 0.717) is 0 Å². The van der Waals surface area contributed by atoms with Crippen LogP contribution >= 0.6 is 0 Å². The molecule has 0 radical (unpaired) electrons. The molecule has 0 spiro atoms.